The Kier molecular flexibility index (Phi) is 6.56. The molecule has 186 valence electrons. The number of halogens is 1. The molecule has 0 spiro atoms. The van der Waals surface area contributed by atoms with Crippen LogP contribution in [0.5, 0.6) is 0 Å². The van der Waals surface area contributed by atoms with Crippen molar-refractivity contribution in [1.82, 2.24) is 14.8 Å². The van der Waals surface area contributed by atoms with E-state index >= 15 is 0 Å². The van der Waals surface area contributed by atoms with E-state index in [1.807, 2.05) is 24.3 Å². The zero-order valence-corrected chi connectivity index (χ0v) is 19.8. The predicted molar refractivity (Wildman–Crippen MR) is 135 cm³/mol. The standard InChI is InChI=1S/C27H28FN5O3/c28-23-14-20(29)5-6-21(23)22-13-19(15-31-26(22)30)18-3-1-17(2-4-18)16-33-24(7-8-25(33)34)27(35)32-9-11-36-12-10-32/h1-6,13-15,24H,7-12,16,29H2,(H2,30,31)/t24-/m0/s1. The number of pyridine rings is 1. The van der Waals surface area contributed by atoms with Gasteiger partial charge in [-0.15, -0.1) is 0 Å². The maximum absolute atomic E-state index is 14.5. The van der Waals surface area contributed by atoms with Crippen LogP contribution in [-0.2, 0) is 20.9 Å². The highest BCUT2D eigenvalue weighted by atomic mass is 19.1. The minimum Gasteiger partial charge on any atom is -0.399 e. The maximum atomic E-state index is 14.5. The van der Waals surface area contributed by atoms with Gasteiger partial charge in [0.25, 0.3) is 0 Å². The third-order valence-electron chi connectivity index (χ3n) is 6.78. The average Bonchev–Trinajstić information content (AvgIpc) is 3.25. The van der Waals surface area contributed by atoms with Crippen molar-refractivity contribution in [2.75, 3.05) is 37.8 Å². The highest BCUT2D eigenvalue weighted by Gasteiger charge is 2.38. The molecule has 0 aliphatic carbocycles. The van der Waals surface area contributed by atoms with Crippen LogP contribution >= 0.6 is 0 Å². The second kappa shape index (κ2) is 9.94. The van der Waals surface area contributed by atoms with Gasteiger partial charge in [-0.25, -0.2) is 9.37 Å². The minimum atomic E-state index is -0.465. The van der Waals surface area contributed by atoms with E-state index in [-0.39, 0.29) is 17.6 Å². The average molecular weight is 490 g/mol. The Morgan fingerprint density at radius 2 is 1.78 bits per heavy atom. The van der Waals surface area contributed by atoms with E-state index in [1.54, 1.807) is 34.2 Å². The molecule has 5 rings (SSSR count). The van der Waals surface area contributed by atoms with Gasteiger partial charge in [0.05, 0.1) is 13.2 Å². The molecule has 0 bridgehead atoms. The molecular weight excluding hydrogens is 461 g/mol. The number of morpholine rings is 1. The van der Waals surface area contributed by atoms with Crippen LogP contribution in [0.1, 0.15) is 18.4 Å². The van der Waals surface area contributed by atoms with Crippen LogP contribution in [0.15, 0.2) is 54.7 Å². The van der Waals surface area contributed by atoms with Crippen molar-refractivity contribution >= 4 is 23.3 Å². The number of anilines is 2. The summed E-state index contributed by atoms with van der Waals surface area (Å²) >= 11 is 0. The van der Waals surface area contributed by atoms with Crippen molar-refractivity contribution < 1.29 is 18.7 Å². The second-order valence-electron chi connectivity index (χ2n) is 9.11. The Labute approximate surface area is 208 Å². The van der Waals surface area contributed by atoms with Gasteiger partial charge in [0.1, 0.15) is 17.7 Å². The van der Waals surface area contributed by atoms with Crippen molar-refractivity contribution in [3.63, 3.8) is 0 Å². The van der Waals surface area contributed by atoms with E-state index in [9.17, 15) is 14.0 Å². The molecule has 0 saturated carbocycles. The lowest BCUT2D eigenvalue weighted by Crippen LogP contribution is -2.50. The number of aromatic nitrogens is 1. The van der Waals surface area contributed by atoms with E-state index in [2.05, 4.69) is 4.98 Å². The van der Waals surface area contributed by atoms with E-state index in [0.29, 0.717) is 62.5 Å². The van der Waals surface area contributed by atoms with E-state index in [4.69, 9.17) is 16.2 Å². The third kappa shape index (κ3) is 4.74. The number of amides is 2. The van der Waals surface area contributed by atoms with Gasteiger partial charge in [-0.1, -0.05) is 24.3 Å². The molecule has 36 heavy (non-hydrogen) atoms. The van der Waals surface area contributed by atoms with Crippen LogP contribution in [0.4, 0.5) is 15.9 Å². The Bertz CT molecular complexity index is 1290. The molecule has 2 aromatic carbocycles. The van der Waals surface area contributed by atoms with Gasteiger partial charge in [0.15, 0.2) is 0 Å². The van der Waals surface area contributed by atoms with Gasteiger partial charge >= 0.3 is 0 Å². The first kappa shape index (κ1) is 23.7. The number of nitrogens with two attached hydrogens (primary N) is 2. The normalized spacial score (nSPS) is 18.0. The Morgan fingerprint density at radius 1 is 1.03 bits per heavy atom. The number of rotatable bonds is 5. The zero-order chi connectivity index (χ0) is 25.2. The van der Waals surface area contributed by atoms with Gasteiger partial charge in [-0.05, 0) is 41.8 Å². The highest BCUT2D eigenvalue weighted by molar-refractivity contribution is 5.91. The number of nitrogen functional groups attached to an aromatic ring is 2. The fourth-order valence-corrected chi connectivity index (χ4v) is 4.78. The topological polar surface area (TPSA) is 115 Å². The largest absolute Gasteiger partial charge is 0.399 e. The lowest BCUT2D eigenvalue weighted by molar-refractivity contribution is -0.144. The molecule has 2 amide bonds. The van der Waals surface area contributed by atoms with Crippen LogP contribution < -0.4 is 11.5 Å². The summed E-state index contributed by atoms with van der Waals surface area (Å²) in [5, 5.41) is 0. The smallest absolute Gasteiger partial charge is 0.245 e. The number of carbonyl (C=O) groups is 2. The Hall–Kier alpha value is -3.98. The molecular formula is C27H28FN5O3. The lowest BCUT2D eigenvalue weighted by Gasteiger charge is -2.32. The van der Waals surface area contributed by atoms with Crippen molar-refractivity contribution in [2.45, 2.75) is 25.4 Å². The van der Waals surface area contributed by atoms with Crippen molar-refractivity contribution in [2.24, 2.45) is 0 Å². The summed E-state index contributed by atoms with van der Waals surface area (Å²) in [7, 11) is 0. The molecule has 1 atom stereocenters. The van der Waals surface area contributed by atoms with E-state index < -0.39 is 11.9 Å². The fraction of sp³-hybridized carbons (Fsp3) is 0.296. The fourth-order valence-electron chi connectivity index (χ4n) is 4.78. The van der Waals surface area contributed by atoms with Crippen LogP contribution in [0.3, 0.4) is 0 Å². The molecule has 2 saturated heterocycles. The first-order chi connectivity index (χ1) is 17.4. The van der Waals surface area contributed by atoms with Gasteiger partial charge in [-0.3, -0.25) is 9.59 Å². The first-order valence-corrected chi connectivity index (χ1v) is 12.0. The predicted octanol–water partition coefficient (Wildman–Crippen LogP) is 3.07. The summed E-state index contributed by atoms with van der Waals surface area (Å²) in [4.78, 5) is 33.4. The van der Waals surface area contributed by atoms with Crippen LogP contribution in [0.2, 0.25) is 0 Å². The van der Waals surface area contributed by atoms with E-state index in [1.165, 1.54) is 6.07 Å². The second-order valence-corrected chi connectivity index (χ2v) is 9.11. The van der Waals surface area contributed by atoms with Crippen molar-refractivity contribution in [1.29, 1.82) is 0 Å². The lowest BCUT2D eigenvalue weighted by atomic mass is 9.99. The highest BCUT2D eigenvalue weighted by Crippen LogP contribution is 2.32. The molecule has 2 aliphatic heterocycles. The number of nitrogens with zero attached hydrogens (tertiary/aromatic N) is 3. The number of carbonyl (C=O) groups excluding carboxylic acids is 2. The third-order valence-corrected chi connectivity index (χ3v) is 6.78. The number of likely N-dealkylation sites (tertiary alicyclic amines) is 1. The van der Waals surface area contributed by atoms with Gasteiger partial charge in [-0.2, -0.15) is 0 Å². The number of ether oxygens (including phenoxy) is 1. The SMILES string of the molecule is Nc1ccc(-c2cc(-c3ccc(CN4C(=O)CC[C@H]4C(=O)N4CCOCC4)cc3)cnc2N)c(F)c1. The quantitative estimate of drug-likeness (QED) is 0.533. The Balaban J connectivity index is 1.34. The number of hydrogen-bond acceptors (Lipinski definition) is 6. The molecule has 1 aromatic heterocycles. The molecule has 2 aliphatic rings. The summed E-state index contributed by atoms with van der Waals surface area (Å²) < 4.78 is 19.9. The summed E-state index contributed by atoms with van der Waals surface area (Å²) in [6.45, 7) is 2.54. The van der Waals surface area contributed by atoms with Crippen molar-refractivity contribution in [3.8, 4) is 22.3 Å². The summed E-state index contributed by atoms with van der Waals surface area (Å²) in [6, 6.07) is 13.5. The molecule has 0 unspecified atom stereocenters. The summed E-state index contributed by atoms with van der Waals surface area (Å²) in [5.41, 5.74) is 15.4. The van der Waals surface area contributed by atoms with Crippen molar-refractivity contribution in [3.05, 3.63) is 66.1 Å². The first-order valence-electron chi connectivity index (χ1n) is 12.0. The summed E-state index contributed by atoms with van der Waals surface area (Å²) in [5.74, 6) is -0.255. The molecule has 2 fully saturated rings. The minimum absolute atomic E-state index is 0.00357. The molecule has 3 heterocycles. The molecule has 8 nitrogen and oxygen atoms in total. The van der Waals surface area contributed by atoms with Crippen LogP contribution in [0.25, 0.3) is 22.3 Å². The van der Waals surface area contributed by atoms with Crippen LogP contribution in [-0.4, -0.2) is 58.9 Å². The maximum Gasteiger partial charge on any atom is 0.245 e. The number of hydrogen-bond donors (Lipinski definition) is 2. The number of benzene rings is 2. The van der Waals surface area contributed by atoms with Gasteiger partial charge in [0.2, 0.25) is 11.8 Å². The molecule has 9 heteroatoms. The Morgan fingerprint density at radius 3 is 2.50 bits per heavy atom. The van der Waals surface area contributed by atoms with Gasteiger partial charge < -0.3 is 26.0 Å². The van der Waals surface area contributed by atoms with Gasteiger partial charge in [0, 0.05) is 54.6 Å². The molecule has 0 radical (unpaired) electrons. The molecule has 3 aromatic rings. The zero-order valence-electron chi connectivity index (χ0n) is 19.8. The van der Waals surface area contributed by atoms with E-state index in [0.717, 1.165) is 16.7 Å². The summed E-state index contributed by atoms with van der Waals surface area (Å²) in [6.07, 6.45) is 2.55. The van der Waals surface area contributed by atoms with Crippen LogP contribution in [0, 0.1) is 5.82 Å². The molecule has 4 N–H and O–H groups in total. The monoisotopic (exact) mass is 489 g/mol.